The van der Waals surface area contributed by atoms with Crippen molar-refractivity contribution in [3.05, 3.63) is 63.2 Å². The topological polar surface area (TPSA) is 69.6 Å². The molecule has 0 spiro atoms. The maximum atomic E-state index is 14.2. The monoisotopic (exact) mass is 443 g/mol. The maximum absolute atomic E-state index is 14.2. The van der Waals surface area contributed by atoms with Crippen molar-refractivity contribution in [2.45, 2.75) is 13.8 Å². The van der Waals surface area contributed by atoms with Crippen LogP contribution in [0.2, 0.25) is 0 Å². The fraction of sp³-hybridized carbons (Fsp3) is 0.105. The number of aromatic nitrogens is 4. The smallest absolute Gasteiger partial charge is 0.165 e. The third kappa shape index (κ3) is 3.26. The molecule has 2 aromatic carbocycles. The molecule has 2 aromatic heterocycles. The van der Waals surface area contributed by atoms with Gasteiger partial charge in [-0.15, -0.1) is 16.4 Å². The van der Waals surface area contributed by atoms with E-state index in [-0.39, 0.29) is 11.5 Å². The van der Waals surface area contributed by atoms with Crippen LogP contribution in [0.1, 0.15) is 11.1 Å². The minimum atomic E-state index is -0.442. The van der Waals surface area contributed by atoms with Gasteiger partial charge in [0, 0.05) is 15.4 Å². The number of anilines is 1. The Balaban J connectivity index is 1.73. The molecule has 0 fully saturated rings. The Kier molecular flexibility index (Phi) is 4.53. The van der Waals surface area contributed by atoms with Crippen molar-refractivity contribution in [2.75, 3.05) is 5.73 Å². The highest BCUT2D eigenvalue weighted by Crippen LogP contribution is 2.33. The number of nitrogen functional groups attached to an aromatic ring is 1. The van der Waals surface area contributed by atoms with Gasteiger partial charge in [0.25, 0.3) is 0 Å². The van der Waals surface area contributed by atoms with Crippen LogP contribution in [-0.2, 0) is 0 Å². The first-order valence-corrected chi connectivity index (χ1v) is 9.81. The molecular weight excluding hydrogens is 429 g/mol. The van der Waals surface area contributed by atoms with Gasteiger partial charge < -0.3 is 5.73 Å². The summed E-state index contributed by atoms with van der Waals surface area (Å²) in [6.45, 7) is 4.12. The molecule has 0 amide bonds. The van der Waals surface area contributed by atoms with E-state index in [1.54, 1.807) is 12.1 Å². The number of aryl methyl sites for hydroxylation is 2. The van der Waals surface area contributed by atoms with E-state index in [9.17, 15) is 4.39 Å². The number of benzene rings is 2. The summed E-state index contributed by atoms with van der Waals surface area (Å²) < 4.78 is 16.2. The van der Waals surface area contributed by atoms with E-state index in [1.807, 2.05) is 5.38 Å². The van der Waals surface area contributed by atoms with Gasteiger partial charge in [-0.05, 0) is 37.6 Å². The Hall–Kier alpha value is -2.58. The second-order valence-corrected chi connectivity index (χ2v) is 7.96. The second-order valence-electron chi connectivity index (χ2n) is 6.19. The second kappa shape index (κ2) is 6.86. The third-order valence-electron chi connectivity index (χ3n) is 4.21. The van der Waals surface area contributed by atoms with E-state index >= 15 is 0 Å². The number of thiazole rings is 1. The van der Waals surface area contributed by atoms with Gasteiger partial charge in [0.15, 0.2) is 11.5 Å². The zero-order valence-corrected chi connectivity index (χ0v) is 17.0. The van der Waals surface area contributed by atoms with Crippen LogP contribution in [0.5, 0.6) is 0 Å². The normalized spacial score (nSPS) is 11.1. The lowest BCUT2D eigenvalue weighted by Gasteiger charge is -2.05. The molecule has 0 aliphatic rings. The first-order valence-electron chi connectivity index (χ1n) is 8.14. The molecule has 136 valence electrons. The van der Waals surface area contributed by atoms with Crippen molar-refractivity contribution in [2.24, 2.45) is 0 Å². The van der Waals surface area contributed by atoms with Gasteiger partial charge in [-0.2, -0.15) is 4.68 Å². The van der Waals surface area contributed by atoms with Gasteiger partial charge in [-0.1, -0.05) is 44.9 Å². The molecule has 8 heteroatoms. The zero-order chi connectivity index (χ0) is 19.1. The number of halogens is 2. The van der Waals surface area contributed by atoms with Crippen LogP contribution in [0, 0.1) is 19.7 Å². The Bertz CT molecular complexity index is 1150. The predicted molar refractivity (Wildman–Crippen MR) is 109 cm³/mol. The first kappa shape index (κ1) is 17.8. The minimum Gasteiger partial charge on any atom is -0.382 e. The molecule has 27 heavy (non-hydrogen) atoms. The van der Waals surface area contributed by atoms with E-state index in [4.69, 9.17) is 5.73 Å². The summed E-state index contributed by atoms with van der Waals surface area (Å²) in [5.41, 5.74) is 11.2. The van der Waals surface area contributed by atoms with Gasteiger partial charge in [0.2, 0.25) is 0 Å². The Morgan fingerprint density at radius 2 is 1.96 bits per heavy atom. The van der Waals surface area contributed by atoms with E-state index in [1.165, 1.54) is 27.6 Å². The largest absolute Gasteiger partial charge is 0.382 e. The summed E-state index contributed by atoms with van der Waals surface area (Å²) in [5, 5.41) is 10.8. The van der Waals surface area contributed by atoms with Crippen LogP contribution in [0.25, 0.3) is 27.6 Å². The molecule has 0 bridgehead atoms. The molecule has 4 rings (SSSR count). The summed E-state index contributed by atoms with van der Waals surface area (Å²) in [5.74, 6) is -0.194. The Morgan fingerprint density at radius 3 is 2.70 bits per heavy atom. The number of nitrogens with two attached hydrogens (primary N) is 1. The predicted octanol–water partition coefficient (Wildman–Crippen LogP) is 5.16. The molecule has 0 atom stereocenters. The lowest BCUT2D eigenvalue weighted by atomic mass is 10.0. The lowest BCUT2D eigenvalue weighted by Crippen LogP contribution is -2.04. The van der Waals surface area contributed by atoms with Crippen molar-refractivity contribution < 1.29 is 4.39 Å². The fourth-order valence-electron chi connectivity index (χ4n) is 2.88. The van der Waals surface area contributed by atoms with Crippen LogP contribution in [0.3, 0.4) is 0 Å². The average molecular weight is 444 g/mol. The highest BCUT2D eigenvalue weighted by atomic mass is 79.9. The first-order chi connectivity index (χ1) is 12.9. The summed E-state index contributed by atoms with van der Waals surface area (Å²) in [6, 6.07) is 10.9. The molecule has 0 saturated heterocycles. The molecule has 0 saturated carbocycles. The molecule has 2 N–H and O–H groups in total. The van der Waals surface area contributed by atoms with Crippen LogP contribution in [0.4, 0.5) is 10.2 Å². The van der Waals surface area contributed by atoms with Gasteiger partial charge in [0.1, 0.15) is 16.5 Å². The van der Waals surface area contributed by atoms with Gasteiger partial charge in [-0.3, -0.25) is 0 Å². The number of nitrogens with zero attached hydrogens (tertiary/aromatic N) is 4. The van der Waals surface area contributed by atoms with E-state index in [2.05, 4.69) is 63.3 Å². The van der Waals surface area contributed by atoms with Gasteiger partial charge in [-0.25, -0.2) is 9.37 Å². The highest BCUT2D eigenvalue weighted by Gasteiger charge is 2.19. The van der Waals surface area contributed by atoms with E-state index < -0.39 is 5.82 Å². The van der Waals surface area contributed by atoms with Crippen LogP contribution >= 0.6 is 27.3 Å². The fourth-order valence-corrected chi connectivity index (χ4v) is 4.02. The van der Waals surface area contributed by atoms with Crippen molar-refractivity contribution in [1.82, 2.24) is 20.0 Å². The molecule has 0 unspecified atom stereocenters. The molecule has 0 aliphatic carbocycles. The standard InChI is InChI=1S/C19H15BrFN5S/c1-10-3-5-13(11(2)7-10)15-9-27-19(23-15)17-18(22)26(25-24-17)16-6-4-12(20)8-14(16)21/h3-9H,22H2,1-2H3. The molecule has 5 nitrogen and oxygen atoms in total. The average Bonchev–Trinajstić information content (AvgIpc) is 3.22. The van der Waals surface area contributed by atoms with Crippen molar-refractivity contribution in [3.8, 4) is 27.6 Å². The van der Waals surface area contributed by atoms with Crippen molar-refractivity contribution >= 4 is 33.1 Å². The van der Waals surface area contributed by atoms with Crippen LogP contribution in [-0.4, -0.2) is 20.0 Å². The SMILES string of the molecule is Cc1ccc(-c2csc(-c3nnn(-c4ccc(Br)cc4F)c3N)n2)c(C)c1. The Labute approximate surface area is 167 Å². The maximum Gasteiger partial charge on any atom is 0.165 e. The summed E-state index contributed by atoms with van der Waals surface area (Å²) in [7, 11) is 0. The number of rotatable bonds is 3. The van der Waals surface area contributed by atoms with Gasteiger partial charge in [0.05, 0.1) is 5.69 Å². The molecule has 2 heterocycles. The minimum absolute atomic E-state index is 0.237. The van der Waals surface area contributed by atoms with Gasteiger partial charge >= 0.3 is 0 Å². The molecule has 0 aliphatic heterocycles. The summed E-state index contributed by atoms with van der Waals surface area (Å²) in [6.07, 6.45) is 0. The molecule has 0 radical (unpaired) electrons. The highest BCUT2D eigenvalue weighted by molar-refractivity contribution is 9.10. The van der Waals surface area contributed by atoms with Crippen molar-refractivity contribution in [1.29, 1.82) is 0 Å². The van der Waals surface area contributed by atoms with E-state index in [0.29, 0.717) is 15.2 Å². The van der Waals surface area contributed by atoms with Crippen LogP contribution in [0.15, 0.2) is 46.3 Å². The summed E-state index contributed by atoms with van der Waals surface area (Å²) in [4.78, 5) is 4.67. The quantitative estimate of drug-likeness (QED) is 0.474. The Morgan fingerprint density at radius 1 is 1.15 bits per heavy atom. The van der Waals surface area contributed by atoms with E-state index in [0.717, 1.165) is 16.8 Å². The zero-order valence-electron chi connectivity index (χ0n) is 14.6. The molecule has 4 aromatic rings. The number of hydrogen-bond acceptors (Lipinski definition) is 5. The van der Waals surface area contributed by atoms with Crippen LogP contribution < -0.4 is 5.73 Å². The summed E-state index contributed by atoms with van der Waals surface area (Å²) >= 11 is 4.67. The number of hydrogen-bond donors (Lipinski definition) is 1. The molecular formula is C19H15BrFN5S. The van der Waals surface area contributed by atoms with Crippen molar-refractivity contribution in [3.63, 3.8) is 0 Å². The lowest BCUT2D eigenvalue weighted by molar-refractivity contribution is 0.607. The third-order valence-corrected chi connectivity index (χ3v) is 5.55.